The first-order valence-corrected chi connectivity index (χ1v) is 7.30. The fourth-order valence-electron chi connectivity index (χ4n) is 2.57. The second kappa shape index (κ2) is 5.34. The van der Waals surface area contributed by atoms with Crippen molar-refractivity contribution in [2.24, 2.45) is 7.05 Å². The maximum absolute atomic E-state index is 5.79. The van der Waals surface area contributed by atoms with Gasteiger partial charge >= 0.3 is 0 Å². The van der Waals surface area contributed by atoms with E-state index >= 15 is 0 Å². The maximum atomic E-state index is 5.79. The van der Waals surface area contributed by atoms with E-state index in [0.29, 0.717) is 28.6 Å². The lowest BCUT2D eigenvalue weighted by Crippen LogP contribution is -2.01. The molecule has 0 aliphatic rings. The quantitative estimate of drug-likeness (QED) is 0.618. The lowest BCUT2D eigenvalue weighted by molar-refractivity contribution is 0.414. The molecule has 120 valence electrons. The second-order valence-electron chi connectivity index (χ2n) is 5.33. The van der Waals surface area contributed by atoms with Crippen LogP contribution in [0.1, 0.15) is 0 Å². The Balaban J connectivity index is 1.95. The number of nitrogens with zero attached hydrogens (tertiary/aromatic N) is 6. The summed E-state index contributed by atoms with van der Waals surface area (Å²) >= 11 is 0. The molecule has 4 heterocycles. The van der Waals surface area contributed by atoms with Gasteiger partial charge in [-0.3, -0.25) is 4.68 Å². The average molecular weight is 321 g/mol. The molecule has 0 amide bonds. The molecule has 4 aromatic heterocycles. The summed E-state index contributed by atoms with van der Waals surface area (Å²) in [4.78, 5) is 8.74. The Kier molecular flexibility index (Phi) is 3.16. The van der Waals surface area contributed by atoms with Crippen LogP contribution in [-0.2, 0) is 7.05 Å². The van der Waals surface area contributed by atoms with Crippen molar-refractivity contribution < 1.29 is 4.74 Å². The normalized spacial score (nSPS) is 11.1. The number of nitrogen functional groups attached to an aromatic ring is 1. The summed E-state index contributed by atoms with van der Waals surface area (Å²) in [6.45, 7) is 0. The summed E-state index contributed by atoms with van der Waals surface area (Å²) in [5, 5.41) is 8.89. The summed E-state index contributed by atoms with van der Waals surface area (Å²) in [5.41, 5.74) is 9.45. The second-order valence-corrected chi connectivity index (χ2v) is 5.33. The SMILES string of the molecule is COc1cc2ncc(-c3cccc(N)n3)n2nc1-c1cnn(C)c1. The van der Waals surface area contributed by atoms with Gasteiger partial charge in [0, 0.05) is 24.9 Å². The molecule has 0 spiro atoms. The number of methoxy groups -OCH3 is 1. The predicted octanol–water partition coefficient (Wildman–Crippen LogP) is 1.78. The Morgan fingerprint density at radius 1 is 1.21 bits per heavy atom. The molecule has 0 radical (unpaired) electrons. The first kappa shape index (κ1) is 14.2. The van der Waals surface area contributed by atoms with Crippen molar-refractivity contribution in [1.82, 2.24) is 29.4 Å². The molecule has 0 aromatic carbocycles. The number of anilines is 1. The van der Waals surface area contributed by atoms with Crippen molar-refractivity contribution in [2.75, 3.05) is 12.8 Å². The van der Waals surface area contributed by atoms with Crippen LogP contribution in [-0.4, -0.2) is 36.5 Å². The number of imidazole rings is 1. The summed E-state index contributed by atoms with van der Waals surface area (Å²) in [6.07, 6.45) is 5.34. The van der Waals surface area contributed by atoms with Crippen molar-refractivity contribution in [3.63, 3.8) is 0 Å². The van der Waals surface area contributed by atoms with Gasteiger partial charge in [0.25, 0.3) is 0 Å². The summed E-state index contributed by atoms with van der Waals surface area (Å²) in [5.74, 6) is 1.08. The zero-order valence-electron chi connectivity index (χ0n) is 13.2. The third-order valence-corrected chi connectivity index (χ3v) is 3.69. The number of pyridine rings is 1. The van der Waals surface area contributed by atoms with Crippen LogP contribution in [0.3, 0.4) is 0 Å². The molecule has 8 heteroatoms. The highest BCUT2D eigenvalue weighted by atomic mass is 16.5. The van der Waals surface area contributed by atoms with Crippen molar-refractivity contribution in [1.29, 1.82) is 0 Å². The van der Waals surface area contributed by atoms with E-state index in [1.165, 1.54) is 0 Å². The number of hydrogen-bond donors (Lipinski definition) is 1. The number of nitrogens with two attached hydrogens (primary N) is 1. The zero-order chi connectivity index (χ0) is 16.7. The number of aryl methyl sites for hydroxylation is 1. The lowest BCUT2D eigenvalue weighted by atomic mass is 10.2. The number of aromatic nitrogens is 6. The molecule has 0 saturated carbocycles. The van der Waals surface area contributed by atoms with Crippen molar-refractivity contribution >= 4 is 11.5 Å². The van der Waals surface area contributed by atoms with Gasteiger partial charge in [-0.15, -0.1) is 0 Å². The van der Waals surface area contributed by atoms with Gasteiger partial charge in [0.05, 0.1) is 25.2 Å². The number of ether oxygens (including phenoxy) is 1. The minimum absolute atomic E-state index is 0.448. The third kappa shape index (κ3) is 2.24. The van der Waals surface area contributed by atoms with E-state index in [4.69, 9.17) is 15.6 Å². The van der Waals surface area contributed by atoms with E-state index in [1.54, 1.807) is 34.8 Å². The minimum Gasteiger partial charge on any atom is -0.494 e. The Labute approximate surface area is 137 Å². The molecule has 4 rings (SSSR count). The number of fused-ring (bicyclic) bond motifs is 1. The lowest BCUT2D eigenvalue weighted by Gasteiger charge is -2.08. The van der Waals surface area contributed by atoms with Crippen LogP contribution in [0.2, 0.25) is 0 Å². The van der Waals surface area contributed by atoms with Gasteiger partial charge in [0.1, 0.15) is 17.2 Å². The summed E-state index contributed by atoms with van der Waals surface area (Å²) in [7, 11) is 3.46. The fraction of sp³-hybridized carbons (Fsp3) is 0.125. The fourth-order valence-corrected chi connectivity index (χ4v) is 2.57. The van der Waals surface area contributed by atoms with Gasteiger partial charge in [0.2, 0.25) is 0 Å². The standard InChI is InChI=1S/C16H15N7O/c1-22-9-10(7-19-22)16-13(24-2)6-15-18-8-12(23(15)21-16)11-4-3-5-14(17)20-11/h3-9H,1-2H3,(H2,17,20). The molecular weight excluding hydrogens is 306 g/mol. The molecule has 4 aromatic rings. The predicted molar refractivity (Wildman–Crippen MR) is 89.4 cm³/mol. The van der Waals surface area contributed by atoms with Crippen LogP contribution >= 0.6 is 0 Å². The van der Waals surface area contributed by atoms with E-state index in [1.807, 2.05) is 31.4 Å². The third-order valence-electron chi connectivity index (χ3n) is 3.69. The molecule has 8 nitrogen and oxygen atoms in total. The van der Waals surface area contributed by atoms with Crippen molar-refractivity contribution in [3.05, 3.63) is 42.9 Å². The highest BCUT2D eigenvalue weighted by molar-refractivity contribution is 5.69. The Morgan fingerprint density at radius 2 is 2.08 bits per heavy atom. The molecule has 0 fully saturated rings. The average Bonchev–Trinajstić information content (AvgIpc) is 3.19. The van der Waals surface area contributed by atoms with Crippen molar-refractivity contribution in [2.45, 2.75) is 0 Å². The van der Waals surface area contributed by atoms with Crippen LogP contribution in [0.25, 0.3) is 28.3 Å². The number of rotatable bonds is 3. The largest absolute Gasteiger partial charge is 0.494 e. The summed E-state index contributed by atoms with van der Waals surface area (Å²) < 4.78 is 8.91. The molecular formula is C16H15N7O. The van der Waals surface area contributed by atoms with E-state index in [0.717, 1.165) is 11.3 Å². The minimum atomic E-state index is 0.448. The topological polar surface area (TPSA) is 96.2 Å². The first-order valence-electron chi connectivity index (χ1n) is 7.30. The molecule has 0 aliphatic carbocycles. The van der Waals surface area contributed by atoms with Gasteiger partial charge in [-0.05, 0) is 12.1 Å². The molecule has 0 unspecified atom stereocenters. The molecule has 0 bridgehead atoms. The van der Waals surface area contributed by atoms with E-state index < -0.39 is 0 Å². The van der Waals surface area contributed by atoms with E-state index in [9.17, 15) is 0 Å². The highest BCUT2D eigenvalue weighted by Gasteiger charge is 2.16. The highest BCUT2D eigenvalue weighted by Crippen LogP contribution is 2.30. The van der Waals surface area contributed by atoms with E-state index in [2.05, 4.69) is 15.1 Å². The molecule has 0 atom stereocenters. The van der Waals surface area contributed by atoms with Gasteiger partial charge in [-0.2, -0.15) is 10.2 Å². The molecule has 0 saturated heterocycles. The van der Waals surface area contributed by atoms with Crippen molar-refractivity contribution in [3.8, 4) is 28.4 Å². The monoisotopic (exact) mass is 321 g/mol. The van der Waals surface area contributed by atoms with Crippen LogP contribution in [0.5, 0.6) is 5.75 Å². The Bertz CT molecular complexity index is 1030. The summed E-state index contributed by atoms with van der Waals surface area (Å²) in [6, 6.07) is 7.30. The Hall–Kier alpha value is -3.42. The van der Waals surface area contributed by atoms with Crippen LogP contribution in [0, 0.1) is 0 Å². The first-order chi connectivity index (χ1) is 11.7. The zero-order valence-corrected chi connectivity index (χ0v) is 13.2. The van der Waals surface area contributed by atoms with Crippen LogP contribution < -0.4 is 10.5 Å². The maximum Gasteiger partial charge on any atom is 0.157 e. The van der Waals surface area contributed by atoms with Crippen LogP contribution in [0.15, 0.2) is 42.9 Å². The van der Waals surface area contributed by atoms with Gasteiger partial charge < -0.3 is 10.5 Å². The molecule has 2 N–H and O–H groups in total. The smallest absolute Gasteiger partial charge is 0.157 e. The molecule has 24 heavy (non-hydrogen) atoms. The van der Waals surface area contributed by atoms with E-state index in [-0.39, 0.29) is 0 Å². The molecule has 0 aliphatic heterocycles. The Morgan fingerprint density at radius 3 is 2.79 bits per heavy atom. The van der Waals surface area contributed by atoms with Gasteiger partial charge in [-0.25, -0.2) is 14.5 Å². The van der Waals surface area contributed by atoms with Gasteiger partial charge in [-0.1, -0.05) is 6.07 Å². The van der Waals surface area contributed by atoms with Crippen LogP contribution in [0.4, 0.5) is 5.82 Å². The number of hydrogen-bond acceptors (Lipinski definition) is 6. The van der Waals surface area contributed by atoms with Gasteiger partial charge in [0.15, 0.2) is 11.4 Å².